The molecule has 0 radical (unpaired) electrons. The summed E-state index contributed by atoms with van der Waals surface area (Å²) >= 11 is 0. The Bertz CT molecular complexity index is 369. The van der Waals surface area contributed by atoms with Gasteiger partial charge in [-0.05, 0) is 25.0 Å². The summed E-state index contributed by atoms with van der Waals surface area (Å²) in [5.74, 6) is 0. The number of amides is 2. The Balaban J connectivity index is 2.16. The minimum absolute atomic E-state index is 0.0290. The number of para-hydroxylation sites is 1. The molecule has 3 N–H and O–H groups in total. The van der Waals surface area contributed by atoms with Crippen molar-refractivity contribution in [3.05, 3.63) is 29.8 Å². The molecule has 0 saturated heterocycles. The first-order chi connectivity index (χ1) is 8.74. The van der Waals surface area contributed by atoms with Crippen molar-refractivity contribution in [1.82, 2.24) is 5.32 Å². The largest absolute Gasteiger partial charge is 0.394 e. The highest BCUT2D eigenvalue weighted by molar-refractivity contribution is 5.89. The van der Waals surface area contributed by atoms with Crippen LogP contribution < -0.4 is 10.6 Å². The van der Waals surface area contributed by atoms with Gasteiger partial charge in [0.25, 0.3) is 0 Å². The first-order valence-corrected chi connectivity index (χ1v) is 6.03. The summed E-state index contributed by atoms with van der Waals surface area (Å²) in [5, 5.41) is 14.0. The lowest BCUT2D eigenvalue weighted by molar-refractivity contribution is 0.0910. The van der Waals surface area contributed by atoms with Gasteiger partial charge >= 0.3 is 6.03 Å². The van der Waals surface area contributed by atoms with E-state index in [0.29, 0.717) is 19.8 Å². The molecule has 1 aromatic rings. The third kappa shape index (κ3) is 5.65. The van der Waals surface area contributed by atoms with E-state index in [0.717, 1.165) is 17.7 Å². The molecule has 0 saturated carbocycles. The second-order valence-corrected chi connectivity index (χ2v) is 3.89. The molecule has 100 valence electrons. The van der Waals surface area contributed by atoms with Gasteiger partial charge in [0.1, 0.15) is 0 Å². The van der Waals surface area contributed by atoms with Gasteiger partial charge in [-0.3, -0.25) is 0 Å². The molecule has 0 aliphatic heterocycles. The van der Waals surface area contributed by atoms with E-state index >= 15 is 0 Å². The molecule has 18 heavy (non-hydrogen) atoms. The molecule has 0 atom stereocenters. The molecule has 1 rings (SSSR count). The van der Waals surface area contributed by atoms with E-state index in [1.807, 2.05) is 31.2 Å². The van der Waals surface area contributed by atoms with Gasteiger partial charge in [0.2, 0.25) is 0 Å². The fourth-order valence-corrected chi connectivity index (χ4v) is 1.42. The van der Waals surface area contributed by atoms with Crippen molar-refractivity contribution >= 4 is 11.7 Å². The molecule has 5 heteroatoms. The molecule has 0 bridgehead atoms. The minimum atomic E-state index is -0.216. The summed E-state index contributed by atoms with van der Waals surface area (Å²) in [7, 11) is 0. The van der Waals surface area contributed by atoms with Gasteiger partial charge < -0.3 is 20.5 Å². The van der Waals surface area contributed by atoms with Crippen LogP contribution in [0, 0.1) is 6.92 Å². The number of aryl methyl sites for hydroxylation is 1. The van der Waals surface area contributed by atoms with Crippen molar-refractivity contribution in [2.75, 3.05) is 31.7 Å². The first kappa shape index (κ1) is 14.5. The van der Waals surface area contributed by atoms with E-state index in [4.69, 9.17) is 9.84 Å². The second kappa shape index (κ2) is 8.49. The first-order valence-electron chi connectivity index (χ1n) is 6.03. The van der Waals surface area contributed by atoms with Gasteiger partial charge in [-0.1, -0.05) is 18.2 Å². The number of hydrogen-bond donors (Lipinski definition) is 3. The Hall–Kier alpha value is -1.59. The van der Waals surface area contributed by atoms with E-state index < -0.39 is 0 Å². The number of aliphatic hydroxyl groups excluding tert-OH is 1. The van der Waals surface area contributed by atoms with Crippen molar-refractivity contribution in [3.8, 4) is 0 Å². The average molecular weight is 252 g/mol. The Labute approximate surface area is 107 Å². The molecule has 5 nitrogen and oxygen atoms in total. The number of carbonyl (C=O) groups is 1. The average Bonchev–Trinajstić information content (AvgIpc) is 2.36. The summed E-state index contributed by atoms with van der Waals surface area (Å²) in [5.41, 5.74) is 1.84. The number of hydrogen-bond acceptors (Lipinski definition) is 3. The highest BCUT2D eigenvalue weighted by Gasteiger charge is 2.02. The minimum Gasteiger partial charge on any atom is -0.394 e. The van der Waals surface area contributed by atoms with E-state index in [9.17, 15) is 4.79 Å². The zero-order chi connectivity index (χ0) is 13.2. The van der Waals surface area contributed by atoms with Crippen LogP contribution in [0.2, 0.25) is 0 Å². The predicted molar refractivity (Wildman–Crippen MR) is 70.7 cm³/mol. The molecule has 0 fully saturated rings. The lowest BCUT2D eigenvalue weighted by atomic mass is 10.2. The van der Waals surface area contributed by atoms with Crippen LogP contribution in [0.5, 0.6) is 0 Å². The van der Waals surface area contributed by atoms with Gasteiger partial charge in [0.05, 0.1) is 13.2 Å². The van der Waals surface area contributed by atoms with Crippen LogP contribution in [-0.2, 0) is 4.74 Å². The lowest BCUT2D eigenvalue weighted by Crippen LogP contribution is -2.30. The van der Waals surface area contributed by atoms with Gasteiger partial charge in [-0.15, -0.1) is 0 Å². The highest BCUT2D eigenvalue weighted by atomic mass is 16.5. The van der Waals surface area contributed by atoms with Crippen LogP contribution >= 0.6 is 0 Å². The Morgan fingerprint density at radius 3 is 2.83 bits per heavy atom. The van der Waals surface area contributed by atoms with Crippen LogP contribution in [0.15, 0.2) is 24.3 Å². The maximum Gasteiger partial charge on any atom is 0.319 e. The molecule has 0 aliphatic carbocycles. The number of nitrogens with one attached hydrogen (secondary N) is 2. The summed E-state index contributed by atoms with van der Waals surface area (Å²) < 4.78 is 5.08. The van der Waals surface area contributed by atoms with Crippen molar-refractivity contribution < 1.29 is 14.6 Å². The van der Waals surface area contributed by atoms with Gasteiger partial charge in [0, 0.05) is 18.8 Å². The zero-order valence-electron chi connectivity index (χ0n) is 10.6. The van der Waals surface area contributed by atoms with E-state index in [2.05, 4.69) is 10.6 Å². The van der Waals surface area contributed by atoms with Crippen molar-refractivity contribution in [3.63, 3.8) is 0 Å². The van der Waals surface area contributed by atoms with Gasteiger partial charge in [-0.25, -0.2) is 4.79 Å². The second-order valence-electron chi connectivity index (χ2n) is 3.89. The third-order valence-corrected chi connectivity index (χ3v) is 2.38. The predicted octanol–water partition coefficient (Wildman–Crippen LogP) is 1.52. The highest BCUT2D eigenvalue weighted by Crippen LogP contribution is 2.12. The number of aliphatic hydroxyl groups is 1. The van der Waals surface area contributed by atoms with E-state index in [1.165, 1.54) is 0 Å². The topological polar surface area (TPSA) is 70.6 Å². The van der Waals surface area contributed by atoms with Crippen molar-refractivity contribution in [1.29, 1.82) is 0 Å². The number of anilines is 1. The molecular weight excluding hydrogens is 232 g/mol. The number of carbonyl (C=O) groups excluding carboxylic acids is 1. The number of ether oxygens (including phenoxy) is 1. The number of urea groups is 1. The molecule has 0 unspecified atom stereocenters. The Kier molecular flexibility index (Phi) is 6.83. The maximum absolute atomic E-state index is 11.6. The van der Waals surface area contributed by atoms with E-state index in [-0.39, 0.29) is 12.6 Å². The number of benzene rings is 1. The van der Waals surface area contributed by atoms with Gasteiger partial charge in [-0.2, -0.15) is 0 Å². The van der Waals surface area contributed by atoms with Gasteiger partial charge in [0.15, 0.2) is 0 Å². The summed E-state index contributed by atoms with van der Waals surface area (Å²) in [6.07, 6.45) is 0.723. The SMILES string of the molecule is Cc1ccccc1NC(=O)NCCCOCCO. The van der Waals surface area contributed by atoms with Crippen LogP contribution in [-0.4, -0.2) is 37.5 Å². The fraction of sp³-hybridized carbons (Fsp3) is 0.462. The Morgan fingerprint density at radius 1 is 1.33 bits per heavy atom. The maximum atomic E-state index is 11.6. The monoisotopic (exact) mass is 252 g/mol. The smallest absolute Gasteiger partial charge is 0.319 e. The van der Waals surface area contributed by atoms with Crippen LogP contribution in [0.1, 0.15) is 12.0 Å². The lowest BCUT2D eigenvalue weighted by Gasteiger charge is -2.09. The van der Waals surface area contributed by atoms with Crippen LogP contribution in [0.4, 0.5) is 10.5 Å². The van der Waals surface area contributed by atoms with Crippen LogP contribution in [0.3, 0.4) is 0 Å². The summed E-state index contributed by atoms with van der Waals surface area (Å²) in [6, 6.07) is 7.39. The fourth-order valence-electron chi connectivity index (χ4n) is 1.42. The van der Waals surface area contributed by atoms with Crippen LogP contribution in [0.25, 0.3) is 0 Å². The summed E-state index contributed by atoms with van der Waals surface area (Å²) in [4.78, 5) is 11.6. The standard InChI is InChI=1S/C13H20N2O3/c1-11-5-2-3-6-12(11)15-13(17)14-7-4-9-18-10-8-16/h2-3,5-6,16H,4,7-10H2,1H3,(H2,14,15,17). The Morgan fingerprint density at radius 2 is 2.11 bits per heavy atom. The molecule has 0 aromatic heterocycles. The van der Waals surface area contributed by atoms with Crippen molar-refractivity contribution in [2.45, 2.75) is 13.3 Å². The van der Waals surface area contributed by atoms with E-state index in [1.54, 1.807) is 0 Å². The third-order valence-electron chi connectivity index (χ3n) is 2.38. The molecule has 0 spiro atoms. The quantitative estimate of drug-likeness (QED) is 0.644. The normalized spacial score (nSPS) is 10.1. The molecule has 1 aromatic carbocycles. The summed E-state index contributed by atoms with van der Waals surface area (Å²) in [6.45, 7) is 3.39. The molecular formula is C13H20N2O3. The molecule has 0 heterocycles. The van der Waals surface area contributed by atoms with Crippen molar-refractivity contribution in [2.24, 2.45) is 0 Å². The molecule has 0 aliphatic rings. The zero-order valence-corrected chi connectivity index (χ0v) is 10.6. The molecule has 2 amide bonds. The number of rotatable bonds is 7.